The third-order valence-electron chi connectivity index (χ3n) is 3.12. The molecule has 1 saturated heterocycles. The third kappa shape index (κ3) is 3.01. The lowest BCUT2D eigenvalue weighted by molar-refractivity contribution is -0.122. The molecule has 1 unspecified atom stereocenters. The minimum Gasteiger partial charge on any atom is -0.399 e. The van der Waals surface area contributed by atoms with Gasteiger partial charge in [-0.3, -0.25) is 9.59 Å². The molecule has 102 valence electrons. The van der Waals surface area contributed by atoms with Crippen molar-refractivity contribution in [1.29, 1.82) is 0 Å². The Kier molecular flexibility index (Phi) is 3.69. The number of hydrogen-bond donors (Lipinski definition) is 3. The fourth-order valence-corrected chi connectivity index (χ4v) is 2.08. The van der Waals surface area contributed by atoms with Crippen LogP contribution >= 0.6 is 0 Å². The molecular weight excluding hydrogens is 249 g/mol. The molecule has 0 bridgehead atoms. The number of amides is 2. The van der Waals surface area contributed by atoms with E-state index >= 15 is 0 Å². The van der Waals surface area contributed by atoms with E-state index in [2.05, 4.69) is 10.6 Å². The number of nitrogens with one attached hydrogen (secondary N) is 2. The van der Waals surface area contributed by atoms with Gasteiger partial charge in [-0.15, -0.1) is 0 Å². The number of halogens is 1. The van der Waals surface area contributed by atoms with Crippen molar-refractivity contribution in [3.05, 3.63) is 29.1 Å². The summed E-state index contributed by atoms with van der Waals surface area (Å²) in [4.78, 5) is 23.0. The van der Waals surface area contributed by atoms with Crippen LogP contribution in [0.3, 0.4) is 0 Å². The molecule has 0 radical (unpaired) electrons. The second-order valence-electron chi connectivity index (χ2n) is 4.71. The molecule has 1 aromatic rings. The van der Waals surface area contributed by atoms with Crippen molar-refractivity contribution < 1.29 is 14.0 Å². The number of piperidine rings is 1. The van der Waals surface area contributed by atoms with Gasteiger partial charge in [0.05, 0.1) is 5.56 Å². The van der Waals surface area contributed by atoms with Crippen molar-refractivity contribution >= 4 is 17.5 Å². The van der Waals surface area contributed by atoms with Crippen LogP contribution in [0.4, 0.5) is 10.1 Å². The molecule has 1 aliphatic rings. The van der Waals surface area contributed by atoms with Crippen LogP contribution < -0.4 is 16.4 Å². The maximum Gasteiger partial charge on any atom is 0.254 e. The Hall–Kier alpha value is -2.11. The van der Waals surface area contributed by atoms with Gasteiger partial charge >= 0.3 is 0 Å². The van der Waals surface area contributed by atoms with Crippen molar-refractivity contribution in [2.45, 2.75) is 25.8 Å². The van der Waals surface area contributed by atoms with E-state index in [1.165, 1.54) is 12.1 Å². The number of nitrogen functional groups attached to an aromatic ring is 1. The van der Waals surface area contributed by atoms with E-state index in [9.17, 15) is 14.0 Å². The van der Waals surface area contributed by atoms with Crippen LogP contribution in [0.15, 0.2) is 12.1 Å². The average Bonchev–Trinajstić information content (AvgIpc) is 2.36. The number of carbonyl (C=O) groups excluding carboxylic acids is 2. The van der Waals surface area contributed by atoms with E-state index in [0.29, 0.717) is 30.6 Å². The molecule has 1 atom stereocenters. The van der Waals surface area contributed by atoms with Crippen molar-refractivity contribution in [2.75, 3.05) is 12.3 Å². The van der Waals surface area contributed by atoms with Crippen LogP contribution in [-0.4, -0.2) is 24.4 Å². The Morgan fingerprint density at radius 2 is 2.26 bits per heavy atom. The van der Waals surface area contributed by atoms with E-state index in [4.69, 9.17) is 5.73 Å². The van der Waals surface area contributed by atoms with Gasteiger partial charge in [-0.1, -0.05) is 0 Å². The lowest BCUT2D eigenvalue weighted by Gasteiger charge is -2.23. The zero-order chi connectivity index (χ0) is 14.0. The van der Waals surface area contributed by atoms with Gasteiger partial charge in [0.2, 0.25) is 5.91 Å². The molecular formula is C13H16FN3O2. The molecule has 19 heavy (non-hydrogen) atoms. The Bertz CT molecular complexity index is 521. The lowest BCUT2D eigenvalue weighted by atomic mass is 10.0. The Labute approximate surface area is 110 Å². The summed E-state index contributed by atoms with van der Waals surface area (Å²) < 4.78 is 13.9. The molecule has 0 aliphatic carbocycles. The van der Waals surface area contributed by atoms with Crippen LogP contribution in [0.2, 0.25) is 0 Å². The summed E-state index contributed by atoms with van der Waals surface area (Å²) in [5.74, 6) is -1.10. The topological polar surface area (TPSA) is 84.2 Å². The highest BCUT2D eigenvalue weighted by Crippen LogP contribution is 2.17. The van der Waals surface area contributed by atoms with Crippen LogP contribution in [-0.2, 0) is 4.79 Å². The van der Waals surface area contributed by atoms with E-state index in [1.807, 2.05) is 0 Å². The zero-order valence-corrected chi connectivity index (χ0v) is 10.6. The smallest absolute Gasteiger partial charge is 0.254 e. The molecule has 0 saturated carbocycles. The third-order valence-corrected chi connectivity index (χ3v) is 3.12. The normalized spacial score (nSPS) is 18.8. The molecule has 1 heterocycles. The van der Waals surface area contributed by atoms with E-state index < -0.39 is 11.7 Å². The highest BCUT2D eigenvalue weighted by Gasteiger charge is 2.22. The Morgan fingerprint density at radius 1 is 1.53 bits per heavy atom. The predicted molar refractivity (Wildman–Crippen MR) is 69.0 cm³/mol. The first kappa shape index (κ1) is 13.3. The number of aryl methyl sites for hydroxylation is 1. The number of anilines is 1. The van der Waals surface area contributed by atoms with E-state index in [1.54, 1.807) is 6.92 Å². The van der Waals surface area contributed by atoms with Gasteiger partial charge in [-0.2, -0.15) is 0 Å². The first-order valence-corrected chi connectivity index (χ1v) is 6.10. The summed E-state index contributed by atoms with van der Waals surface area (Å²) in [6.07, 6.45) is 0.921. The maximum atomic E-state index is 13.9. The summed E-state index contributed by atoms with van der Waals surface area (Å²) in [5, 5.41) is 5.36. The maximum absolute atomic E-state index is 13.9. The van der Waals surface area contributed by atoms with Crippen molar-refractivity contribution in [1.82, 2.24) is 10.6 Å². The highest BCUT2D eigenvalue weighted by molar-refractivity contribution is 5.96. The van der Waals surface area contributed by atoms with Crippen LogP contribution in [0, 0.1) is 12.7 Å². The molecule has 1 aromatic carbocycles. The van der Waals surface area contributed by atoms with Gasteiger partial charge in [-0.05, 0) is 31.0 Å². The number of carbonyl (C=O) groups is 2. The molecule has 2 amide bonds. The first-order chi connectivity index (χ1) is 8.97. The first-order valence-electron chi connectivity index (χ1n) is 6.10. The molecule has 0 spiro atoms. The van der Waals surface area contributed by atoms with Gasteiger partial charge in [0.1, 0.15) is 5.82 Å². The molecule has 6 heteroatoms. The number of rotatable bonds is 2. The lowest BCUT2D eigenvalue weighted by Crippen LogP contribution is -2.47. The molecule has 1 aliphatic heterocycles. The minimum atomic E-state index is -0.563. The Balaban J connectivity index is 2.10. The van der Waals surface area contributed by atoms with Gasteiger partial charge in [0, 0.05) is 24.7 Å². The zero-order valence-electron chi connectivity index (χ0n) is 10.6. The SMILES string of the molecule is Cc1cc(N)cc(C(=O)NC2CCC(=O)NC2)c1F. The minimum absolute atomic E-state index is 0.0310. The molecule has 1 fully saturated rings. The van der Waals surface area contributed by atoms with Crippen LogP contribution in [0.5, 0.6) is 0 Å². The predicted octanol–water partition coefficient (Wildman–Crippen LogP) is 0.725. The summed E-state index contributed by atoms with van der Waals surface area (Å²) in [6, 6.07) is 2.62. The van der Waals surface area contributed by atoms with E-state index in [-0.39, 0.29) is 17.5 Å². The second kappa shape index (κ2) is 5.26. The Morgan fingerprint density at radius 3 is 2.89 bits per heavy atom. The van der Waals surface area contributed by atoms with Crippen molar-refractivity contribution in [3.63, 3.8) is 0 Å². The van der Waals surface area contributed by atoms with Crippen LogP contribution in [0.25, 0.3) is 0 Å². The van der Waals surface area contributed by atoms with Crippen molar-refractivity contribution in [2.24, 2.45) is 0 Å². The quantitative estimate of drug-likeness (QED) is 0.689. The van der Waals surface area contributed by atoms with Gasteiger partial charge < -0.3 is 16.4 Å². The number of nitrogens with two attached hydrogens (primary N) is 1. The van der Waals surface area contributed by atoms with Gasteiger partial charge in [0.15, 0.2) is 0 Å². The molecule has 5 nitrogen and oxygen atoms in total. The van der Waals surface area contributed by atoms with Gasteiger partial charge in [0.25, 0.3) is 5.91 Å². The average molecular weight is 265 g/mol. The van der Waals surface area contributed by atoms with Crippen molar-refractivity contribution in [3.8, 4) is 0 Å². The summed E-state index contributed by atoms with van der Waals surface area (Å²) in [6.45, 7) is 1.93. The summed E-state index contributed by atoms with van der Waals surface area (Å²) in [7, 11) is 0. The molecule has 4 N–H and O–H groups in total. The fourth-order valence-electron chi connectivity index (χ4n) is 2.08. The van der Waals surface area contributed by atoms with Gasteiger partial charge in [-0.25, -0.2) is 4.39 Å². The standard InChI is InChI=1S/C13H16FN3O2/c1-7-4-8(15)5-10(12(7)14)13(19)17-9-2-3-11(18)16-6-9/h4-5,9H,2-3,6,15H2,1H3,(H,16,18)(H,17,19). The highest BCUT2D eigenvalue weighted by atomic mass is 19.1. The van der Waals surface area contributed by atoms with E-state index in [0.717, 1.165) is 0 Å². The summed E-state index contributed by atoms with van der Waals surface area (Å²) in [5.41, 5.74) is 6.24. The molecule has 2 rings (SSSR count). The second-order valence-corrected chi connectivity index (χ2v) is 4.71. The van der Waals surface area contributed by atoms with Crippen LogP contribution in [0.1, 0.15) is 28.8 Å². The largest absolute Gasteiger partial charge is 0.399 e. The summed E-state index contributed by atoms with van der Waals surface area (Å²) >= 11 is 0. The monoisotopic (exact) mass is 265 g/mol. The molecule has 0 aromatic heterocycles. The number of benzene rings is 1. The number of hydrogen-bond acceptors (Lipinski definition) is 3. The fraction of sp³-hybridized carbons (Fsp3) is 0.385.